The monoisotopic (exact) mass is 331 g/mol. The van der Waals surface area contributed by atoms with E-state index in [4.69, 9.17) is 9.84 Å². The van der Waals surface area contributed by atoms with Crippen LogP contribution in [0.5, 0.6) is 0 Å². The van der Waals surface area contributed by atoms with Crippen molar-refractivity contribution >= 4 is 11.9 Å². The van der Waals surface area contributed by atoms with E-state index in [1.54, 1.807) is 0 Å². The van der Waals surface area contributed by atoms with Gasteiger partial charge in [-0.2, -0.15) is 0 Å². The van der Waals surface area contributed by atoms with Crippen LogP contribution in [-0.2, 0) is 9.53 Å². The van der Waals surface area contributed by atoms with Crippen LogP contribution in [0.1, 0.15) is 41.6 Å². The maximum Gasteiger partial charge on any atom is 0.305 e. The Bertz CT molecular complexity index is 600. The molecule has 126 valence electrons. The third kappa shape index (κ3) is 4.22. The van der Waals surface area contributed by atoms with E-state index in [1.807, 2.05) is 0 Å². The van der Waals surface area contributed by atoms with E-state index in [1.165, 1.54) is 0 Å². The Morgan fingerprint density at radius 3 is 2.48 bits per heavy atom. The smallest absolute Gasteiger partial charge is 0.305 e. The van der Waals surface area contributed by atoms with Gasteiger partial charge in [-0.25, -0.2) is 13.2 Å². The predicted molar refractivity (Wildman–Crippen MR) is 73.9 cm³/mol. The summed E-state index contributed by atoms with van der Waals surface area (Å²) in [6, 6.07) is 2.55. The average Bonchev–Trinajstić information content (AvgIpc) is 2.46. The predicted octanol–water partition coefficient (Wildman–Crippen LogP) is 2.52. The van der Waals surface area contributed by atoms with E-state index in [-0.39, 0.29) is 32.5 Å². The molecule has 0 atom stereocenters. The summed E-state index contributed by atoms with van der Waals surface area (Å²) in [5.74, 6) is -3.00. The Hall–Kier alpha value is -2.09. The van der Waals surface area contributed by atoms with Crippen molar-refractivity contribution in [2.45, 2.75) is 31.2 Å². The number of benzene rings is 1. The van der Waals surface area contributed by atoms with Crippen LogP contribution in [-0.4, -0.2) is 35.7 Å². The van der Waals surface area contributed by atoms with Crippen LogP contribution in [0.2, 0.25) is 0 Å². The molecular formula is C15H16F3NO4. The van der Waals surface area contributed by atoms with E-state index in [0.29, 0.717) is 6.07 Å². The molecule has 5 nitrogen and oxygen atoms in total. The number of hydrogen-bond donors (Lipinski definition) is 2. The summed E-state index contributed by atoms with van der Waals surface area (Å²) in [7, 11) is 0. The molecule has 1 heterocycles. The second kappa shape index (κ2) is 6.99. The summed E-state index contributed by atoms with van der Waals surface area (Å²) in [5.41, 5.74) is -1.95. The number of aliphatic carboxylic acids is 1. The fraction of sp³-hybridized carbons (Fsp3) is 0.467. The SMILES string of the molecule is O=C(O)CC1(NC(=O)c2ccc(C(F)F)cc2F)CCOCC1. The molecule has 1 aliphatic rings. The lowest BCUT2D eigenvalue weighted by Crippen LogP contribution is -2.53. The summed E-state index contributed by atoms with van der Waals surface area (Å²) >= 11 is 0. The molecule has 1 fully saturated rings. The summed E-state index contributed by atoms with van der Waals surface area (Å²) in [4.78, 5) is 23.3. The Kier molecular flexibility index (Phi) is 5.25. The first-order valence-corrected chi connectivity index (χ1v) is 7.03. The van der Waals surface area contributed by atoms with Crippen molar-refractivity contribution < 1.29 is 32.6 Å². The first kappa shape index (κ1) is 17.3. The largest absolute Gasteiger partial charge is 0.481 e. The van der Waals surface area contributed by atoms with Crippen LogP contribution < -0.4 is 5.32 Å². The molecule has 1 aromatic rings. The molecule has 1 saturated heterocycles. The molecule has 1 aliphatic heterocycles. The molecule has 0 bridgehead atoms. The van der Waals surface area contributed by atoms with Crippen molar-refractivity contribution in [2.24, 2.45) is 0 Å². The van der Waals surface area contributed by atoms with Gasteiger partial charge < -0.3 is 15.2 Å². The second-order valence-electron chi connectivity index (χ2n) is 5.46. The quantitative estimate of drug-likeness (QED) is 0.869. The molecule has 2 rings (SSSR count). The molecule has 0 aliphatic carbocycles. The zero-order valence-corrected chi connectivity index (χ0v) is 12.2. The van der Waals surface area contributed by atoms with Gasteiger partial charge in [0.15, 0.2) is 0 Å². The lowest BCUT2D eigenvalue weighted by atomic mass is 9.86. The Morgan fingerprint density at radius 2 is 1.96 bits per heavy atom. The van der Waals surface area contributed by atoms with Gasteiger partial charge in [-0.3, -0.25) is 9.59 Å². The van der Waals surface area contributed by atoms with Crippen molar-refractivity contribution in [3.63, 3.8) is 0 Å². The number of amides is 1. The zero-order chi connectivity index (χ0) is 17.0. The van der Waals surface area contributed by atoms with Crippen molar-refractivity contribution in [2.75, 3.05) is 13.2 Å². The normalized spacial score (nSPS) is 17.0. The highest BCUT2D eigenvalue weighted by Gasteiger charge is 2.37. The summed E-state index contributed by atoms with van der Waals surface area (Å²) in [5, 5.41) is 11.6. The third-order valence-electron chi connectivity index (χ3n) is 3.81. The molecule has 8 heteroatoms. The van der Waals surface area contributed by atoms with E-state index >= 15 is 0 Å². The van der Waals surface area contributed by atoms with E-state index in [9.17, 15) is 22.8 Å². The van der Waals surface area contributed by atoms with Gasteiger partial charge in [-0.05, 0) is 25.0 Å². The molecule has 0 radical (unpaired) electrons. The minimum absolute atomic E-state index is 0.278. The maximum atomic E-state index is 13.9. The summed E-state index contributed by atoms with van der Waals surface area (Å²) in [6.45, 7) is 0.556. The number of halogens is 3. The van der Waals surface area contributed by atoms with Gasteiger partial charge in [-0.1, -0.05) is 6.07 Å². The standard InChI is InChI=1S/C15H16F3NO4/c16-11-7-9(13(17)18)1-2-10(11)14(22)19-15(8-12(20)21)3-5-23-6-4-15/h1-2,7,13H,3-6,8H2,(H,19,22)(H,20,21). The Morgan fingerprint density at radius 1 is 1.30 bits per heavy atom. The molecule has 23 heavy (non-hydrogen) atoms. The number of ether oxygens (including phenoxy) is 1. The van der Waals surface area contributed by atoms with Crippen molar-refractivity contribution in [3.8, 4) is 0 Å². The number of carboxylic acids is 1. The molecule has 1 amide bonds. The Balaban J connectivity index is 2.20. The number of carbonyl (C=O) groups is 2. The molecule has 0 saturated carbocycles. The van der Waals surface area contributed by atoms with Crippen LogP contribution in [0.15, 0.2) is 18.2 Å². The van der Waals surface area contributed by atoms with Crippen molar-refractivity contribution in [1.82, 2.24) is 5.32 Å². The van der Waals surface area contributed by atoms with Gasteiger partial charge in [-0.15, -0.1) is 0 Å². The number of carbonyl (C=O) groups excluding carboxylic acids is 1. The lowest BCUT2D eigenvalue weighted by molar-refractivity contribution is -0.139. The summed E-state index contributed by atoms with van der Waals surface area (Å²) < 4.78 is 44.0. The van der Waals surface area contributed by atoms with Crippen LogP contribution in [0.25, 0.3) is 0 Å². The van der Waals surface area contributed by atoms with Crippen LogP contribution in [0.4, 0.5) is 13.2 Å². The zero-order valence-electron chi connectivity index (χ0n) is 12.2. The minimum Gasteiger partial charge on any atom is -0.481 e. The van der Waals surface area contributed by atoms with E-state index in [0.717, 1.165) is 12.1 Å². The van der Waals surface area contributed by atoms with Crippen LogP contribution >= 0.6 is 0 Å². The summed E-state index contributed by atoms with van der Waals surface area (Å²) in [6.07, 6.45) is -2.60. The van der Waals surface area contributed by atoms with E-state index in [2.05, 4.69) is 5.32 Å². The number of nitrogens with one attached hydrogen (secondary N) is 1. The maximum absolute atomic E-state index is 13.9. The average molecular weight is 331 g/mol. The van der Waals surface area contributed by atoms with Gasteiger partial charge in [0, 0.05) is 18.8 Å². The van der Waals surface area contributed by atoms with E-state index < -0.39 is 40.8 Å². The second-order valence-corrected chi connectivity index (χ2v) is 5.46. The number of rotatable bonds is 5. The highest BCUT2D eigenvalue weighted by atomic mass is 19.3. The van der Waals surface area contributed by atoms with Gasteiger partial charge in [0.05, 0.1) is 17.5 Å². The first-order chi connectivity index (χ1) is 10.8. The van der Waals surface area contributed by atoms with Gasteiger partial charge in [0.25, 0.3) is 12.3 Å². The first-order valence-electron chi connectivity index (χ1n) is 7.03. The van der Waals surface area contributed by atoms with Crippen LogP contribution in [0.3, 0.4) is 0 Å². The lowest BCUT2D eigenvalue weighted by Gasteiger charge is -2.36. The molecule has 0 unspecified atom stereocenters. The highest BCUT2D eigenvalue weighted by Crippen LogP contribution is 2.26. The van der Waals surface area contributed by atoms with Crippen LogP contribution in [0, 0.1) is 5.82 Å². The number of hydrogen-bond acceptors (Lipinski definition) is 3. The molecule has 0 aromatic heterocycles. The molecule has 1 aromatic carbocycles. The van der Waals surface area contributed by atoms with Gasteiger partial charge in [0.1, 0.15) is 5.82 Å². The fourth-order valence-corrected chi connectivity index (χ4v) is 2.56. The Labute approximate surface area is 130 Å². The number of carboxylic acid groups (broad SMARTS) is 1. The molecular weight excluding hydrogens is 315 g/mol. The molecule has 2 N–H and O–H groups in total. The fourth-order valence-electron chi connectivity index (χ4n) is 2.56. The third-order valence-corrected chi connectivity index (χ3v) is 3.81. The number of alkyl halides is 2. The molecule has 0 spiro atoms. The topological polar surface area (TPSA) is 75.6 Å². The highest BCUT2D eigenvalue weighted by molar-refractivity contribution is 5.95. The van der Waals surface area contributed by atoms with Gasteiger partial charge in [0.2, 0.25) is 0 Å². The minimum atomic E-state index is -2.84. The van der Waals surface area contributed by atoms with Crippen molar-refractivity contribution in [1.29, 1.82) is 0 Å². The van der Waals surface area contributed by atoms with Crippen molar-refractivity contribution in [3.05, 3.63) is 35.1 Å². The van der Waals surface area contributed by atoms with Gasteiger partial charge >= 0.3 is 5.97 Å².